The molecule has 5 rings (SSSR count). The fourth-order valence-corrected chi connectivity index (χ4v) is 5.16. The molecule has 0 aliphatic carbocycles. The van der Waals surface area contributed by atoms with Crippen LogP contribution in [0.4, 0.5) is 5.69 Å². The van der Waals surface area contributed by atoms with Crippen molar-refractivity contribution in [3.8, 4) is 11.5 Å². The Hall–Kier alpha value is -5.50. The number of phenolic OH excluding ortho intramolecular Hbond substituents is 2. The van der Waals surface area contributed by atoms with Crippen LogP contribution in [0.15, 0.2) is 70.9 Å². The lowest BCUT2D eigenvalue weighted by Crippen LogP contribution is -2.25. The highest BCUT2D eigenvalue weighted by atomic mass is 16.3. The van der Waals surface area contributed by atoms with Gasteiger partial charge in [0.15, 0.2) is 11.6 Å². The van der Waals surface area contributed by atoms with Crippen LogP contribution in [0.5, 0.6) is 11.5 Å². The molecule has 2 heterocycles. The first-order chi connectivity index (χ1) is 22.4. The highest BCUT2D eigenvalue weighted by molar-refractivity contribution is 5.82. The lowest BCUT2D eigenvalue weighted by atomic mass is 9.82. The summed E-state index contributed by atoms with van der Waals surface area (Å²) in [5, 5.41) is 63.4. The average molecular weight is 624 g/mol. The Labute approximate surface area is 266 Å². The summed E-state index contributed by atoms with van der Waals surface area (Å²) in [6, 6.07) is 18.5. The number of phenols is 2. The zero-order chi connectivity index (χ0) is 32.5. The smallest absolute Gasteiger partial charge is 0.173 e. The highest BCUT2D eigenvalue weighted by Gasteiger charge is 2.25. The maximum Gasteiger partial charge on any atom is 0.173 e. The van der Waals surface area contributed by atoms with Crippen molar-refractivity contribution >= 4 is 18.1 Å². The van der Waals surface area contributed by atoms with Crippen LogP contribution in [-0.2, 0) is 0 Å². The third kappa shape index (κ3) is 7.58. The molecule has 0 atom stereocenters. The summed E-state index contributed by atoms with van der Waals surface area (Å²) in [5.41, 5.74) is 4.41. The Bertz CT molecular complexity index is 1710. The summed E-state index contributed by atoms with van der Waals surface area (Å²) in [6.45, 7) is 7.42. The van der Waals surface area contributed by atoms with Gasteiger partial charge in [0.1, 0.15) is 11.5 Å². The van der Waals surface area contributed by atoms with Gasteiger partial charge in [0.25, 0.3) is 0 Å². The summed E-state index contributed by atoms with van der Waals surface area (Å²) in [7, 11) is 0. The van der Waals surface area contributed by atoms with Gasteiger partial charge in [-0.25, -0.2) is 0 Å². The van der Waals surface area contributed by atoms with E-state index in [9.17, 15) is 15.3 Å². The van der Waals surface area contributed by atoms with E-state index in [4.69, 9.17) is 0 Å². The van der Waals surface area contributed by atoms with Gasteiger partial charge in [0.05, 0.1) is 12.4 Å². The summed E-state index contributed by atoms with van der Waals surface area (Å²) in [6.07, 6.45) is 5.76. The maximum absolute atomic E-state index is 11.3. The van der Waals surface area contributed by atoms with E-state index in [2.05, 4.69) is 65.2 Å². The van der Waals surface area contributed by atoms with Gasteiger partial charge in [-0.05, 0) is 119 Å². The Balaban J connectivity index is 1.62. The number of aryl methyl sites for hydroxylation is 2. The van der Waals surface area contributed by atoms with Crippen molar-refractivity contribution in [2.45, 2.75) is 46.0 Å². The van der Waals surface area contributed by atoms with Gasteiger partial charge in [-0.3, -0.25) is 0 Å². The zero-order valence-electron chi connectivity index (χ0n) is 26.0. The van der Waals surface area contributed by atoms with Crippen molar-refractivity contribution in [1.29, 1.82) is 0 Å². The second-order valence-corrected chi connectivity index (χ2v) is 10.8. The minimum Gasteiger partial charge on any atom is -0.508 e. The molecule has 0 unspecified atom stereocenters. The number of aliphatic hydroxyl groups excluding tert-OH is 1. The Morgan fingerprint density at radius 1 is 0.783 bits per heavy atom. The second-order valence-electron chi connectivity index (χ2n) is 10.8. The van der Waals surface area contributed by atoms with Gasteiger partial charge in [-0.1, -0.05) is 19.1 Å². The molecule has 14 heteroatoms. The van der Waals surface area contributed by atoms with E-state index >= 15 is 0 Å². The normalized spacial score (nSPS) is 11.8. The lowest BCUT2D eigenvalue weighted by Gasteiger charge is -2.27. The van der Waals surface area contributed by atoms with Crippen molar-refractivity contribution in [1.82, 2.24) is 40.6 Å². The van der Waals surface area contributed by atoms with Crippen LogP contribution in [-0.4, -0.2) is 88.1 Å². The lowest BCUT2D eigenvalue weighted by molar-refractivity contribution is 0.285. The molecule has 0 aliphatic rings. The van der Waals surface area contributed by atoms with Crippen LogP contribution >= 0.6 is 0 Å². The van der Waals surface area contributed by atoms with Crippen LogP contribution in [0, 0.1) is 13.8 Å². The van der Waals surface area contributed by atoms with Crippen molar-refractivity contribution < 1.29 is 15.3 Å². The Morgan fingerprint density at radius 2 is 1.37 bits per heavy atom. The fraction of sp³-hybridized carbons (Fsp3) is 0.312. The molecule has 3 N–H and O–H groups in total. The molecule has 0 fully saturated rings. The number of benzene rings is 3. The molecule has 5 aromatic rings. The van der Waals surface area contributed by atoms with E-state index in [-0.39, 0.29) is 18.1 Å². The minimum atomic E-state index is -0.577. The van der Waals surface area contributed by atoms with Crippen molar-refractivity contribution in [3.63, 3.8) is 0 Å². The molecule has 238 valence electrons. The molecule has 0 saturated carbocycles. The summed E-state index contributed by atoms with van der Waals surface area (Å²) < 4.78 is 0. The first-order valence-corrected chi connectivity index (χ1v) is 15.1. The predicted octanol–water partition coefficient (Wildman–Crippen LogP) is 3.62. The number of unbranched alkanes of at least 4 members (excludes halogenated alkanes) is 1. The quantitative estimate of drug-likeness (QED) is 0.0941. The Kier molecular flexibility index (Phi) is 10.4. The molecule has 46 heavy (non-hydrogen) atoms. The molecule has 0 aliphatic heterocycles. The van der Waals surface area contributed by atoms with Gasteiger partial charge in [-0.2, -0.15) is 10.2 Å². The molecule has 0 spiro atoms. The summed E-state index contributed by atoms with van der Waals surface area (Å²) in [4.78, 5) is 4.92. The van der Waals surface area contributed by atoms with Crippen molar-refractivity contribution in [2.24, 2.45) is 10.2 Å². The number of nitrogens with zero attached hydrogens (tertiary/aromatic N) is 11. The van der Waals surface area contributed by atoms with Crippen LogP contribution in [0.2, 0.25) is 0 Å². The van der Waals surface area contributed by atoms with Gasteiger partial charge >= 0.3 is 0 Å². The first-order valence-electron chi connectivity index (χ1n) is 15.1. The maximum atomic E-state index is 11.3. The fourth-order valence-electron chi connectivity index (χ4n) is 5.16. The number of aromatic hydroxyl groups is 2. The van der Waals surface area contributed by atoms with Crippen molar-refractivity contribution in [3.05, 3.63) is 100 Å². The van der Waals surface area contributed by atoms with E-state index in [1.165, 1.54) is 9.58 Å². The number of aliphatic hydroxyl groups is 1. The molecular formula is C32H37N11O3. The molecular weight excluding hydrogens is 586 g/mol. The first kappa shape index (κ1) is 31.9. The standard InChI is InChI=1S/C32H37N11O3/c1-4-14-41(15-5-6-16-44)27-9-7-8-26(19-27)32(28-17-24(10-12-30(28)45)20-33-42-22(2)35-37-39-42)29-18-25(11-13-31(29)46)21-34-43-23(3)36-38-40-43/h7-13,17-21,32,44-46H,4-6,14-16H2,1-3H3/b33-20+,34-21+. The summed E-state index contributed by atoms with van der Waals surface area (Å²) in [5.74, 6) is 0.596. The molecule has 3 aromatic carbocycles. The third-order valence-electron chi connectivity index (χ3n) is 7.46. The van der Waals surface area contributed by atoms with Crippen LogP contribution in [0.1, 0.15) is 71.6 Å². The number of aromatic nitrogens is 8. The summed E-state index contributed by atoms with van der Waals surface area (Å²) >= 11 is 0. The SMILES string of the molecule is CCCN(CCCCO)c1cccc(C(c2cc(/C=N/n3nnnc3C)ccc2O)c2cc(/C=N/n3nnnc3C)ccc2O)c1. The van der Waals surface area contributed by atoms with E-state index in [1.807, 2.05) is 24.3 Å². The van der Waals surface area contributed by atoms with E-state index in [0.717, 1.165) is 43.6 Å². The highest BCUT2D eigenvalue weighted by Crippen LogP contribution is 2.42. The van der Waals surface area contributed by atoms with Crippen molar-refractivity contribution in [2.75, 3.05) is 24.6 Å². The van der Waals surface area contributed by atoms with Crippen LogP contribution in [0.25, 0.3) is 0 Å². The second kappa shape index (κ2) is 15.0. The van der Waals surface area contributed by atoms with Gasteiger partial charge in [-0.15, -0.1) is 19.8 Å². The van der Waals surface area contributed by atoms with Crippen LogP contribution in [0.3, 0.4) is 0 Å². The molecule has 0 bridgehead atoms. The van der Waals surface area contributed by atoms with Gasteiger partial charge in [0.2, 0.25) is 0 Å². The predicted molar refractivity (Wildman–Crippen MR) is 174 cm³/mol. The number of anilines is 1. The topological polar surface area (TPSA) is 176 Å². The number of tetrazole rings is 2. The largest absolute Gasteiger partial charge is 0.508 e. The molecule has 0 saturated heterocycles. The van der Waals surface area contributed by atoms with Gasteiger partial charge < -0.3 is 20.2 Å². The molecule has 0 amide bonds. The van der Waals surface area contributed by atoms with E-state index < -0.39 is 5.92 Å². The average Bonchev–Trinajstić information content (AvgIpc) is 3.67. The Morgan fingerprint density at radius 3 is 1.87 bits per heavy atom. The molecule has 14 nitrogen and oxygen atoms in total. The zero-order valence-corrected chi connectivity index (χ0v) is 26.0. The number of hydrogen-bond acceptors (Lipinski definition) is 12. The van der Waals surface area contributed by atoms with Gasteiger partial charge in [0, 0.05) is 42.4 Å². The number of hydrogen-bond donors (Lipinski definition) is 3. The van der Waals surface area contributed by atoms with E-state index in [1.54, 1.807) is 50.5 Å². The third-order valence-corrected chi connectivity index (χ3v) is 7.46. The minimum absolute atomic E-state index is 0.0577. The molecule has 2 aromatic heterocycles. The van der Waals surface area contributed by atoms with Crippen LogP contribution < -0.4 is 4.90 Å². The van der Waals surface area contributed by atoms with E-state index in [0.29, 0.717) is 33.9 Å². The number of rotatable bonds is 14. The molecule has 0 radical (unpaired) electrons. The monoisotopic (exact) mass is 623 g/mol.